The first-order valence-corrected chi connectivity index (χ1v) is 3.62. The first-order chi connectivity index (χ1) is 5.18. The average molecular weight is 220 g/mol. The zero-order valence-corrected chi connectivity index (χ0v) is 6.98. The van der Waals surface area contributed by atoms with Crippen LogP contribution in [0, 0.1) is 5.95 Å². The van der Waals surface area contributed by atoms with E-state index in [-0.39, 0.29) is 0 Å². The van der Waals surface area contributed by atoms with E-state index in [1.54, 1.807) is 0 Å². The summed E-state index contributed by atoms with van der Waals surface area (Å²) < 4.78 is 24.0. The van der Waals surface area contributed by atoms with Crippen LogP contribution < -0.4 is 0 Å². The van der Waals surface area contributed by atoms with Crippen molar-refractivity contribution in [2.45, 2.75) is 0 Å². The highest BCUT2D eigenvalue weighted by Gasteiger charge is 1.93. The van der Waals surface area contributed by atoms with Crippen LogP contribution in [0.2, 0.25) is 0 Å². The quantitative estimate of drug-likeness (QED) is 0.663. The van der Waals surface area contributed by atoms with Crippen LogP contribution in [0.1, 0.15) is 5.56 Å². The molecule has 1 aromatic heterocycles. The molecule has 0 saturated heterocycles. The van der Waals surface area contributed by atoms with E-state index in [2.05, 4.69) is 20.9 Å². The van der Waals surface area contributed by atoms with Gasteiger partial charge in [0.05, 0.1) is 0 Å². The van der Waals surface area contributed by atoms with Gasteiger partial charge in [0, 0.05) is 12.3 Å². The third-order valence-electron chi connectivity index (χ3n) is 1.03. The van der Waals surface area contributed by atoms with Crippen LogP contribution >= 0.6 is 15.9 Å². The van der Waals surface area contributed by atoms with Crippen molar-refractivity contribution in [2.75, 3.05) is 0 Å². The predicted octanol–water partition coefficient (Wildman–Crippen LogP) is 2.88. The summed E-state index contributed by atoms with van der Waals surface area (Å²) in [6.07, 6.45) is 2.43. The van der Waals surface area contributed by atoms with Crippen molar-refractivity contribution < 1.29 is 8.78 Å². The molecule has 0 amide bonds. The number of halogens is 3. The van der Waals surface area contributed by atoms with Crippen LogP contribution in [0.15, 0.2) is 23.1 Å². The van der Waals surface area contributed by atoms with Crippen molar-refractivity contribution in [3.8, 4) is 0 Å². The Balaban J connectivity index is 2.97. The summed E-state index contributed by atoms with van der Waals surface area (Å²) in [5, 5.41) is 0. The molecule has 0 radical (unpaired) electrons. The highest BCUT2D eigenvalue weighted by Crippen LogP contribution is 2.12. The van der Waals surface area contributed by atoms with Crippen LogP contribution in [0.4, 0.5) is 8.78 Å². The molecule has 0 N–H and O–H groups in total. The van der Waals surface area contributed by atoms with Crippen molar-refractivity contribution in [3.05, 3.63) is 34.6 Å². The number of rotatable bonds is 1. The summed E-state index contributed by atoms with van der Waals surface area (Å²) in [4.78, 5) is 3.31. The third-order valence-corrected chi connectivity index (χ3v) is 1.26. The fourth-order valence-corrected chi connectivity index (χ4v) is 0.898. The lowest BCUT2D eigenvalue weighted by atomic mass is 10.3. The molecular weight excluding hydrogens is 216 g/mol. The van der Waals surface area contributed by atoms with Gasteiger partial charge in [-0.15, -0.1) is 0 Å². The molecule has 4 heteroatoms. The zero-order valence-electron chi connectivity index (χ0n) is 5.39. The van der Waals surface area contributed by atoms with Gasteiger partial charge >= 0.3 is 0 Å². The molecule has 0 atom stereocenters. The molecule has 0 aliphatic carbocycles. The largest absolute Gasteiger partial charge is 0.228 e. The van der Waals surface area contributed by atoms with Gasteiger partial charge in [0.15, 0.2) is 4.74 Å². The molecule has 0 spiro atoms. The molecule has 1 aromatic rings. The monoisotopic (exact) mass is 219 g/mol. The molecule has 0 unspecified atom stereocenters. The van der Waals surface area contributed by atoms with Gasteiger partial charge in [-0.1, -0.05) is 0 Å². The van der Waals surface area contributed by atoms with E-state index in [0.717, 1.165) is 12.1 Å². The maximum absolute atomic E-state index is 12.3. The van der Waals surface area contributed by atoms with E-state index in [0.29, 0.717) is 5.56 Å². The Morgan fingerprint density at radius 1 is 1.64 bits per heavy atom. The van der Waals surface area contributed by atoms with Gasteiger partial charge in [-0.2, -0.15) is 8.78 Å². The van der Waals surface area contributed by atoms with Gasteiger partial charge in [-0.05, 0) is 33.6 Å². The molecule has 0 fully saturated rings. The summed E-state index contributed by atoms with van der Waals surface area (Å²) in [6.45, 7) is 0. The van der Waals surface area contributed by atoms with E-state index >= 15 is 0 Å². The second kappa shape index (κ2) is 3.57. The molecule has 58 valence electrons. The third kappa shape index (κ3) is 2.76. The maximum atomic E-state index is 12.3. The fourth-order valence-electron chi connectivity index (χ4n) is 0.633. The van der Waals surface area contributed by atoms with E-state index < -0.39 is 10.7 Å². The predicted molar refractivity (Wildman–Crippen MR) is 42.2 cm³/mol. The summed E-state index contributed by atoms with van der Waals surface area (Å²) in [5.41, 5.74) is 0.437. The average Bonchev–Trinajstić information content (AvgIpc) is 1.85. The van der Waals surface area contributed by atoms with Crippen molar-refractivity contribution in [2.24, 2.45) is 0 Å². The van der Waals surface area contributed by atoms with Gasteiger partial charge in [-0.3, -0.25) is 0 Å². The summed E-state index contributed by atoms with van der Waals surface area (Å²) in [5.74, 6) is -0.618. The minimum atomic E-state index is -0.618. The first-order valence-electron chi connectivity index (χ1n) is 2.83. The summed E-state index contributed by atoms with van der Waals surface area (Å²) >= 11 is 2.59. The van der Waals surface area contributed by atoms with Crippen LogP contribution in [-0.2, 0) is 0 Å². The number of nitrogens with zero attached hydrogens (tertiary/aromatic N) is 1. The molecule has 0 aliphatic rings. The van der Waals surface area contributed by atoms with E-state index in [1.807, 2.05) is 0 Å². The minimum absolute atomic E-state index is 0.437. The molecule has 1 heterocycles. The second-order valence-corrected chi connectivity index (χ2v) is 2.60. The van der Waals surface area contributed by atoms with E-state index in [4.69, 9.17) is 0 Å². The topological polar surface area (TPSA) is 12.9 Å². The Morgan fingerprint density at radius 2 is 2.36 bits per heavy atom. The van der Waals surface area contributed by atoms with Crippen LogP contribution in [-0.4, -0.2) is 4.98 Å². The molecule has 11 heavy (non-hydrogen) atoms. The lowest BCUT2D eigenvalue weighted by Crippen LogP contribution is -1.81. The Kier molecular flexibility index (Phi) is 2.70. The van der Waals surface area contributed by atoms with Gasteiger partial charge < -0.3 is 0 Å². The standard InChI is InChI=1S/C7H4BrF2N/c8-6(9)3-5-1-2-11-7(10)4-5/h1-4H. The molecule has 0 aromatic carbocycles. The fraction of sp³-hybridized carbons (Fsp3) is 0. The highest BCUT2D eigenvalue weighted by molar-refractivity contribution is 9.11. The second-order valence-electron chi connectivity index (χ2n) is 1.85. The Labute approximate surface area is 70.9 Å². The highest BCUT2D eigenvalue weighted by atomic mass is 79.9. The smallest absolute Gasteiger partial charge is 0.213 e. The molecular formula is C7H4BrF2N. The van der Waals surface area contributed by atoms with Crippen molar-refractivity contribution >= 4 is 22.0 Å². The van der Waals surface area contributed by atoms with Gasteiger partial charge in [0.1, 0.15) is 0 Å². The van der Waals surface area contributed by atoms with Gasteiger partial charge in [-0.25, -0.2) is 4.98 Å². The SMILES string of the molecule is FC(Br)=Cc1ccnc(F)c1. The minimum Gasteiger partial charge on any atom is -0.228 e. The summed E-state index contributed by atoms with van der Waals surface area (Å²) in [6, 6.07) is 2.64. The number of hydrogen-bond donors (Lipinski definition) is 0. The lowest BCUT2D eigenvalue weighted by Gasteiger charge is -1.90. The number of pyridine rings is 1. The van der Waals surface area contributed by atoms with Crippen molar-refractivity contribution in [1.29, 1.82) is 0 Å². The molecule has 1 rings (SSSR count). The van der Waals surface area contributed by atoms with Crippen LogP contribution in [0.5, 0.6) is 0 Å². The number of aromatic nitrogens is 1. The van der Waals surface area contributed by atoms with E-state index in [9.17, 15) is 8.78 Å². The summed E-state index contributed by atoms with van der Waals surface area (Å²) in [7, 11) is 0. The van der Waals surface area contributed by atoms with Crippen molar-refractivity contribution in [3.63, 3.8) is 0 Å². The Morgan fingerprint density at radius 3 is 2.91 bits per heavy atom. The van der Waals surface area contributed by atoms with Gasteiger partial charge in [0.2, 0.25) is 5.95 Å². The number of hydrogen-bond acceptors (Lipinski definition) is 1. The molecule has 0 bridgehead atoms. The zero-order chi connectivity index (χ0) is 8.27. The Hall–Kier alpha value is -0.770. The molecule has 0 saturated carbocycles. The van der Waals surface area contributed by atoms with E-state index in [1.165, 1.54) is 12.3 Å². The lowest BCUT2D eigenvalue weighted by molar-refractivity contribution is 0.583. The molecule has 0 aliphatic heterocycles. The normalized spacial score (nSPS) is 11.7. The Bertz CT molecular complexity index is 282. The van der Waals surface area contributed by atoms with Gasteiger partial charge in [0.25, 0.3) is 0 Å². The molecule has 1 nitrogen and oxygen atoms in total. The van der Waals surface area contributed by atoms with Crippen LogP contribution in [0.3, 0.4) is 0 Å². The first kappa shape index (κ1) is 8.33. The van der Waals surface area contributed by atoms with Crippen LogP contribution in [0.25, 0.3) is 6.08 Å². The maximum Gasteiger partial charge on any atom is 0.213 e. The van der Waals surface area contributed by atoms with Crippen molar-refractivity contribution in [1.82, 2.24) is 4.98 Å².